The lowest BCUT2D eigenvalue weighted by Gasteiger charge is -2.26. The van der Waals surface area contributed by atoms with Crippen molar-refractivity contribution in [3.8, 4) is 0 Å². The highest BCUT2D eigenvalue weighted by Crippen LogP contribution is 2.23. The van der Waals surface area contributed by atoms with E-state index in [-0.39, 0.29) is 5.97 Å². The van der Waals surface area contributed by atoms with E-state index in [0.717, 1.165) is 0 Å². The number of esters is 1. The molecular weight excluding hydrogens is 182 g/mol. The van der Waals surface area contributed by atoms with Crippen molar-refractivity contribution in [1.82, 2.24) is 0 Å². The first-order valence-electron chi connectivity index (χ1n) is 5.05. The molecule has 4 nitrogen and oxygen atoms in total. The van der Waals surface area contributed by atoms with Gasteiger partial charge in [0.25, 0.3) is 0 Å². The van der Waals surface area contributed by atoms with Crippen LogP contribution in [-0.2, 0) is 14.3 Å². The second kappa shape index (κ2) is 6.79. The Morgan fingerprint density at radius 3 is 2.43 bits per heavy atom. The van der Waals surface area contributed by atoms with Crippen molar-refractivity contribution in [3.63, 3.8) is 0 Å². The van der Waals surface area contributed by atoms with Gasteiger partial charge in [-0.1, -0.05) is 0 Å². The summed E-state index contributed by atoms with van der Waals surface area (Å²) in [5.41, 5.74) is 4.86. The zero-order valence-electron chi connectivity index (χ0n) is 9.34. The molecule has 0 bridgehead atoms. The molecule has 0 aliphatic carbocycles. The molecule has 0 saturated carbocycles. The molecule has 0 fully saturated rings. The van der Waals surface area contributed by atoms with Gasteiger partial charge in [-0.15, -0.1) is 0 Å². The van der Waals surface area contributed by atoms with Crippen molar-refractivity contribution in [2.45, 2.75) is 27.2 Å². The molecule has 0 aromatic rings. The molecule has 84 valence electrons. The summed E-state index contributed by atoms with van der Waals surface area (Å²) in [5.74, 6) is -0.223. The number of hydrogen-bond acceptors (Lipinski definition) is 4. The molecule has 0 aromatic carbocycles. The number of carbonyl (C=O) groups is 1. The van der Waals surface area contributed by atoms with Gasteiger partial charge in [0, 0.05) is 6.61 Å². The van der Waals surface area contributed by atoms with Crippen LogP contribution in [0.5, 0.6) is 0 Å². The van der Waals surface area contributed by atoms with Crippen LogP contribution >= 0.6 is 0 Å². The van der Waals surface area contributed by atoms with Crippen LogP contribution in [0.15, 0.2) is 0 Å². The molecule has 1 atom stereocenters. The molecule has 0 heterocycles. The number of carbonyl (C=O) groups excluding carboxylic acids is 1. The summed E-state index contributed by atoms with van der Waals surface area (Å²) in [6, 6.07) is 0. The predicted molar refractivity (Wildman–Crippen MR) is 54.9 cm³/mol. The highest BCUT2D eigenvalue weighted by Gasteiger charge is 2.34. The lowest BCUT2D eigenvalue weighted by Crippen LogP contribution is -2.36. The van der Waals surface area contributed by atoms with E-state index in [4.69, 9.17) is 15.2 Å². The first kappa shape index (κ1) is 13.4. The van der Waals surface area contributed by atoms with Crippen molar-refractivity contribution < 1.29 is 14.3 Å². The van der Waals surface area contributed by atoms with Gasteiger partial charge in [-0.25, -0.2) is 0 Å². The Balaban J connectivity index is 4.28. The maximum atomic E-state index is 11.6. The van der Waals surface area contributed by atoms with Gasteiger partial charge in [0.05, 0.1) is 18.6 Å². The third kappa shape index (κ3) is 4.07. The fraction of sp³-hybridized carbons (Fsp3) is 0.900. The molecule has 4 heteroatoms. The Hall–Kier alpha value is -0.610. The smallest absolute Gasteiger partial charge is 0.314 e. The van der Waals surface area contributed by atoms with Gasteiger partial charge in [0.1, 0.15) is 0 Å². The maximum Gasteiger partial charge on any atom is 0.314 e. The Morgan fingerprint density at radius 1 is 1.36 bits per heavy atom. The van der Waals surface area contributed by atoms with Crippen LogP contribution < -0.4 is 5.73 Å². The summed E-state index contributed by atoms with van der Waals surface area (Å²) in [6.07, 6.45) is 0.589. The number of hydrogen-bond donors (Lipinski definition) is 1. The van der Waals surface area contributed by atoms with E-state index in [2.05, 4.69) is 0 Å². The fourth-order valence-corrected chi connectivity index (χ4v) is 1.18. The van der Waals surface area contributed by atoms with Crippen LogP contribution in [0.1, 0.15) is 27.2 Å². The summed E-state index contributed by atoms with van der Waals surface area (Å²) in [6.45, 7) is 7.34. The molecular formula is C10H21NO3. The number of nitrogens with two attached hydrogens (primary N) is 1. The number of rotatable bonds is 7. The Kier molecular flexibility index (Phi) is 6.49. The van der Waals surface area contributed by atoms with Crippen LogP contribution in [0, 0.1) is 5.41 Å². The quantitative estimate of drug-likeness (QED) is 0.625. The molecule has 0 aromatic heterocycles. The highest BCUT2D eigenvalue weighted by molar-refractivity contribution is 5.76. The van der Waals surface area contributed by atoms with Gasteiger partial charge in [-0.3, -0.25) is 4.79 Å². The maximum absolute atomic E-state index is 11.6. The molecule has 0 rings (SSSR count). The molecule has 0 unspecified atom stereocenters. The monoisotopic (exact) mass is 203 g/mol. The molecule has 2 N–H and O–H groups in total. The molecule has 14 heavy (non-hydrogen) atoms. The van der Waals surface area contributed by atoms with Gasteiger partial charge in [-0.2, -0.15) is 0 Å². The molecule has 0 aliphatic rings. The molecule has 0 radical (unpaired) electrons. The van der Waals surface area contributed by atoms with Gasteiger partial charge in [0.15, 0.2) is 0 Å². The lowest BCUT2D eigenvalue weighted by molar-refractivity contribution is -0.158. The van der Waals surface area contributed by atoms with E-state index < -0.39 is 5.41 Å². The first-order valence-corrected chi connectivity index (χ1v) is 5.05. The fourth-order valence-electron chi connectivity index (χ4n) is 1.18. The van der Waals surface area contributed by atoms with Crippen molar-refractivity contribution in [2.75, 3.05) is 26.4 Å². The summed E-state index contributed by atoms with van der Waals surface area (Å²) in [7, 11) is 0. The van der Waals surface area contributed by atoms with E-state index >= 15 is 0 Å². The second-order valence-corrected chi connectivity index (χ2v) is 3.46. The van der Waals surface area contributed by atoms with Crippen LogP contribution in [0.3, 0.4) is 0 Å². The van der Waals surface area contributed by atoms with Crippen molar-refractivity contribution in [2.24, 2.45) is 11.1 Å². The van der Waals surface area contributed by atoms with E-state index in [1.54, 1.807) is 6.92 Å². The standard InChI is InChI=1S/C10H21NO3/c1-4-13-8-10(3,6-7-11)9(12)14-5-2/h4-8,11H2,1-3H3/t10-/m0/s1. The largest absolute Gasteiger partial charge is 0.466 e. The topological polar surface area (TPSA) is 61.5 Å². The van der Waals surface area contributed by atoms with Crippen molar-refractivity contribution in [3.05, 3.63) is 0 Å². The Labute approximate surface area is 85.8 Å². The first-order chi connectivity index (χ1) is 6.60. The van der Waals surface area contributed by atoms with Crippen LogP contribution in [-0.4, -0.2) is 32.3 Å². The predicted octanol–water partition coefficient (Wildman–Crippen LogP) is 0.941. The molecule has 0 amide bonds. The van der Waals surface area contributed by atoms with Crippen LogP contribution in [0.4, 0.5) is 0 Å². The van der Waals surface area contributed by atoms with Crippen LogP contribution in [0.25, 0.3) is 0 Å². The van der Waals surface area contributed by atoms with E-state index in [0.29, 0.717) is 32.8 Å². The number of ether oxygens (including phenoxy) is 2. The van der Waals surface area contributed by atoms with Gasteiger partial charge >= 0.3 is 5.97 Å². The summed E-state index contributed by atoms with van der Waals surface area (Å²) in [5, 5.41) is 0. The van der Waals surface area contributed by atoms with E-state index in [1.165, 1.54) is 0 Å². The van der Waals surface area contributed by atoms with E-state index in [9.17, 15) is 4.79 Å². The molecule has 0 aliphatic heterocycles. The Bertz CT molecular complexity index is 173. The summed E-state index contributed by atoms with van der Waals surface area (Å²) >= 11 is 0. The SMILES string of the molecule is CCOC[C@](C)(CCN)C(=O)OCC. The minimum absolute atomic E-state index is 0.223. The van der Waals surface area contributed by atoms with Crippen molar-refractivity contribution in [1.29, 1.82) is 0 Å². The second-order valence-electron chi connectivity index (χ2n) is 3.46. The minimum Gasteiger partial charge on any atom is -0.466 e. The third-order valence-corrected chi connectivity index (χ3v) is 2.09. The zero-order chi connectivity index (χ0) is 11.0. The summed E-state index contributed by atoms with van der Waals surface area (Å²) in [4.78, 5) is 11.6. The van der Waals surface area contributed by atoms with Gasteiger partial charge in [0.2, 0.25) is 0 Å². The van der Waals surface area contributed by atoms with Crippen LogP contribution in [0.2, 0.25) is 0 Å². The zero-order valence-corrected chi connectivity index (χ0v) is 9.34. The normalized spacial score (nSPS) is 14.9. The third-order valence-electron chi connectivity index (χ3n) is 2.09. The van der Waals surface area contributed by atoms with Gasteiger partial charge < -0.3 is 15.2 Å². The van der Waals surface area contributed by atoms with Gasteiger partial charge in [-0.05, 0) is 33.7 Å². The summed E-state index contributed by atoms with van der Waals surface area (Å²) < 4.78 is 10.2. The van der Waals surface area contributed by atoms with E-state index in [1.807, 2.05) is 13.8 Å². The molecule has 0 spiro atoms. The molecule has 0 saturated heterocycles. The average Bonchev–Trinajstić information content (AvgIpc) is 2.15. The lowest BCUT2D eigenvalue weighted by atomic mass is 9.88. The average molecular weight is 203 g/mol. The Morgan fingerprint density at radius 2 is 2.00 bits per heavy atom. The minimum atomic E-state index is -0.596. The van der Waals surface area contributed by atoms with Crippen molar-refractivity contribution >= 4 is 5.97 Å². The highest BCUT2D eigenvalue weighted by atomic mass is 16.5.